The van der Waals surface area contributed by atoms with E-state index in [-0.39, 0.29) is 26.7 Å². The number of hydrogen-bond acceptors (Lipinski definition) is 9. The van der Waals surface area contributed by atoms with Gasteiger partial charge in [-0.1, -0.05) is 5.16 Å². The molecule has 2 heterocycles. The zero-order valence-corrected chi connectivity index (χ0v) is 14.4. The second kappa shape index (κ2) is 6.88. The first-order chi connectivity index (χ1) is 11.2. The van der Waals surface area contributed by atoms with Crippen molar-refractivity contribution in [2.24, 2.45) is 5.16 Å². The van der Waals surface area contributed by atoms with E-state index < -0.39 is 34.2 Å². The van der Waals surface area contributed by atoms with Crippen LogP contribution in [0.2, 0.25) is 0 Å². The van der Waals surface area contributed by atoms with Gasteiger partial charge < -0.3 is 15.9 Å². The van der Waals surface area contributed by atoms with Crippen molar-refractivity contribution >= 4 is 55.9 Å². The summed E-state index contributed by atoms with van der Waals surface area (Å²) in [5.41, 5.74) is 5.36. The van der Waals surface area contributed by atoms with E-state index in [0.29, 0.717) is 0 Å². The first-order valence-electron chi connectivity index (χ1n) is 6.20. The maximum absolute atomic E-state index is 12.3. The molecular formula is C10H12ClN5O6S2. The van der Waals surface area contributed by atoms with Crippen LogP contribution in [0, 0.1) is 0 Å². The average molecular weight is 398 g/mol. The normalized spacial score (nSPS) is 21.4. The number of hydrogen-bond donors (Lipinski definition) is 3. The van der Waals surface area contributed by atoms with Crippen LogP contribution in [0.4, 0.5) is 5.13 Å². The zero-order chi connectivity index (χ0) is 18.1. The van der Waals surface area contributed by atoms with Gasteiger partial charge in [-0.2, -0.15) is 8.42 Å². The summed E-state index contributed by atoms with van der Waals surface area (Å²) in [4.78, 5) is 32.6. The molecular weight excluding hydrogens is 386 g/mol. The third-order valence-electron chi connectivity index (χ3n) is 3.02. The second-order valence-corrected chi connectivity index (χ2v) is 6.97. The molecule has 132 valence electrons. The van der Waals surface area contributed by atoms with Crippen LogP contribution < -0.4 is 11.1 Å². The minimum Gasteiger partial charge on any atom is -0.398 e. The Morgan fingerprint density at radius 2 is 2.33 bits per heavy atom. The van der Waals surface area contributed by atoms with Crippen LogP contribution in [-0.2, 0) is 24.7 Å². The van der Waals surface area contributed by atoms with Crippen LogP contribution in [0.3, 0.4) is 0 Å². The summed E-state index contributed by atoms with van der Waals surface area (Å²) in [5.74, 6) is -2.19. The Morgan fingerprint density at radius 3 is 2.79 bits per heavy atom. The molecule has 2 amide bonds. The molecule has 2 atom stereocenters. The third-order valence-corrected chi connectivity index (χ3v) is 4.96. The Bertz CT molecular complexity index is 793. The standard InChI is InChI=1S/C10H12ClN5O6S2/c1-22-15-6(4-3-23-10(12)13-4)8(17)14-7-5(2-11)16(9(7)18)24(19,20)21/h3,5,7H,2H2,1H3,(H2,12,13)(H,14,17)(H,19,20,21)/b15-6-/t5-,7+/m0/s1. The van der Waals surface area contributed by atoms with Gasteiger partial charge in [-0.05, 0) is 0 Å². The topological polar surface area (TPSA) is 164 Å². The highest BCUT2D eigenvalue weighted by Gasteiger charge is 2.53. The van der Waals surface area contributed by atoms with E-state index in [2.05, 4.69) is 20.3 Å². The van der Waals surface area contributed by atoms with Gasteiger partial charge >= 0.3 is 10.3 Å². The Kier molecular flexibility index (Phi) is 5.27. The van der Waals surface area contributed by atoms with Crippen molar-refractivity contribution in [3.63, 3.8) is 0 Å². The van der Waals surface area contributed by atoms with E-state index in [4.69, 9.17) is 21.9 Å². The van der Waals surface area contributed by atoms with Crippen molar-refractivity contribution in [2.45, 2.75) is 12.1 Å². The molecule has 0 bridgehead atoms. The lowest BCUT2D eigenvalue weighted by Crippen LogP contribution is -2.73. The van der Waals surface area contributed by atoms with Crippen molar-refractivity contribution in [1.82, 2.24) is 14.6 Å². The van der Waals surface area contributed by atoms with E-state index >= 15 is 0 Å². The Balaban J connectivity index is 2.19. The van der Waals surface area contributed by atoms with Crippen molar-refractivity contribution in [3.8, 4) is 0 Å². The fraction of sp³-hybridized carbons (Fsp3) is 0.400. The van der Waals surface area contributed by atoms with E-state index in [1.807, 2.05) is 0 Å². The van der Waals surface area contributed by atoms with Gasteiger partial charge in [0.25, 0.3) is 11.8 Å². The predicted molar refractivity (Wildman–Crippen MR) is 84.9 cm³/mol. The number of anilines is 1. The number of halogens is 1. The molecule has 0 aromatic carbocycles. The highest BCUT2D eigenvalue weighted by molar-refractivity contribution is 7.84. The molecule has 24 heavy (non-hydrogen) atoms. The quantitative estimate of drug-likeness (QED) is 0.177. The van der Waals surface area contributed by atoms with E-state index in [9.17, 15) is 18.0 Å². The number of nitrogens with one attached hydrogen (secondary N) is 1. The Morgan fingerprint density at radius 1 is 1.67 bits per heavy atom. The summed E-state index contributed by atoms with van der Waals surface area (Å²) in [6, 6.07) is -2.36. The number of rotatable bonds is 6. The summed E-state index contributed by atoms with van der Waals surface area (Å²) in [5, 5.41) is 7.46. The molecule has 1 aliphatic rings. The van der Waals surface area contributed by atoms with Gasteiger partial charge in [0.1, 0.15) is 18.8 Å². The fourth-order valence-electron chi connectivity index (χ4n) is 2.01. The summed E-state index contributed by atoms with van der Waals surface area (Å²) in [6.07, 6.45) is 0. The average Bonchev–Trinajstić information content (AvgIpc) is 2.91. The van der Waals surface area contributed by atoms with Crippen molar-refractivity contribution in [1.29, 1.82) is 0 Å². The van der Waals surface area contributed by atoms with Crippen molar-refractivity contribution < 1.29 is 27.4 Å². The third kappa shape index (κ3) is 3.43. The molecule has 0 spiro atoms. The molecule has 11 nitrogen and oxygen atoms in total. The first kappa shape index (κ1) is 18.4. The number of nitrogens with two attached hydrogens (primary N) is 1. The molecule has 1 fully saturated rings. The number of alkyl halides is 1. The number of aromatic nitrogens is 1. The van der Waals surface area contributed by atoms with Gasteiger partial charge in [0.05, 0.1) is 6.04 Å². The number of thiazole rings is 1. The summed E-state index contributed by atoms with van der Waals surface area (Å²) in [6.45, 7) is 0. The molecule has 4 N–H and O–H groups in total. The molecule has 0 radical (unpaired) electrons. The number of carbonyl (C=O) groups excluding carboxylic acids is 2. The first-order valence-corrected chi connectivity index (χ1v) is 9.01. The molecule has 2 rings (SSSR count). The minimum absolute atomic E-state index is 0.123. The van der Waals surface area contributed by atoms with Gasteiger partial charge in [0.15, 0.2) is 10.8 Å². The number of β-lactam (4-membered cyclic amide) rings is 1. The predicted octanol–water partition coefficient (Wildman–Crippen LogP) is -1.19. The van der Waals surface area contributed by atoms with Gasteiger partial charge in [-0.3, -0.25) is 14.1 Å². The van der Waals surface area contributed by atoms with Crippen LogP contribution >= 0.6 is 22.9 Å². The number of oxime groups is 1. The second-order valence-electron chi connectivity index (χ2n) is 4.48. The molecule has 1 saturated heterocycles. The maximum Gasteiger partial charge on any atom is 0.362 e. The Labute approximate surface area is 145 Å². The van der Waals surface area contributed by atoms with Crippen LogP contribution in [-0.4, -0.2) is 64.9 Å². The molecule has 0 saturated carbocycles. The minimum atomic E-state index is -4.76. The SMILES string of the molecule is CO/N=C(\C(=O)N[C@H]1C(=O)N(S(=O)(=O)O)[C@H]1CCl)c1csc(N)n1. The van der Waals surface area contributed by atoms with Crippen molar-refractivity contribution in [3.05, 3.63) is 11.1 Å². The smallest absolute Gasteiger partial charge is 0.362 e. The number of carbonyl (C=O) groups is 2. The van der Waals surface area contributed by atoms with E-state index in [0.717, 1.165) is 11.3 Å². The van der Waals surface area contributed by atoms with E-state index in [1.165, 1.54) is 12.5 Å². The number of amides is 2. The molecule has 1 aliphatic heterocycles. The zero-order valence-electron chi connectivity index (χ0n) is 12.0. The highest BCUT2D eigenvalue weighted by Crippen LogP contribution is 2.24. The van der Waals surface area contributed by atoms with Crippen LogP contribution in [0.1, 0.15) is 5.69 Å². The summed E-state index contributed by atoms with van der Waals surface area (Å²) >= 11 is 6.67. The molecule has 0 unspecified atom stereocenters. The lowest BCUT2D eigenvalue weighted by atomic mass is 10.0. The van der Waals surface area contributed by atoms with Gasteiger partial charge in [0.2, 0.25) is 0 Å². The lowest BCUT2D eigenvalue weighted by molar-refractivity contribution is -0.143. The summed E-state index contributed by atoms with van der Waals surface area (Å²) < 4.78 is 31.4. The van der Waals surface area contributed by atoms with Crippen LogP contribution in [0.25, 0.3) is 0 Å². The van der Waals surface area contributed by atoms with E-state index in [1.54, 1.807) is 0 Å². The van der Waals surface area contributed by atoms with Crippen LogP contribution in [0.5, 0.6) is 0 Å². The van der Waals surface area contributed by atoms with Crippen LogP contribution in [0.15, 0.2) is 10.5 Å². The fourth-order valence-corrected chi connectivity index (χ4v) is 3.84. The Hall–Kier alpha value is -1.96. The maximum atomic E-state index is 12.3. The monoisotopic (exact) mass is 397 g/mol. The number of nitrogen functional groups attached to an aromatic ring is 1. The van der Waals surface area contributed by atoms with Gasteiger partial charge in [-0.15, -0.1) is 22.9 Å². The molecule has 0 aliphatic carbocycles. The molecule has 14 heteroatoms. The van der Waals surface area contributed by atoms with Gasteiger partial charge in [-0.25, -0.2) is 9.29 Å². The lowest BCUT2D eigenvalue weighted by Gasteiger charge is -2.43. The molecule has 1 aromatic rings. The molecule has 1 aromatic heterocycles. The van der Waals surface area contributed by atoms with Gasteiger partial charge in [0, 0.05) is 11.3 Å². The largest absolute Gasteiger partial charge is 0.398 e. The number of nitrogens with zero attached hydrogens (tertiary/aromatic N) is 3. The summed E-state index contributed by atoms with van der Waals surface area (Å²) in [7, 11) is -3.55. The van der Waals surface area contributed by atoms with Crippen molar-refractivity contribution in [2.75, 3.05) is 18.7 Å². The highest BCUT2D eigenvalue weighted by atomic mass is 35.5.